The van der Waals surface area contributed by atoms with Gasteiger partial charge < -0.3 is 15.0 Å². The first-order valence-corrected chi connectivity index (χ1v) is 7.66. The first-order valence-electron chi connectivity index (χ1n) is 7.66. The van der Waals surface area contributed by atoms with Gasteiger partial charge in [0.25, 0.3) is 0 Å². The largest absolute Gasteiger partial charge is 0.380 e. The molecule has 112 valence electrons. The van der Waals surface area contributed by atoms with Crippen LogP contribution in [0.2, 0.25) is 0 Å². The van der Waals surface area contributed by atoms with Crippen LogP contribution >= 0.6 is 0 Å². The molecule has 1 atom stereocenters. The topological polar surface area (TPSA) is 36.9 Å². The van der Waals surface area contributed by atoms with Crippen molar-refractivity contribution in [2.75, 3.05) is 39.9 Å². The van der Waals surface area contributed by atoms with E-state index in [1.165, 1.54) is 12.8 Å². The quantitative estimate of drug-likeness (QED) is 0.457. The van der Waals surface area contributed by atoms with E-state index in [1.54, 1.807) is 0 Å². The van der Waals surface area contributed by atoms with Gasteiger partial charge in [0.05, 0.1) is 6.61 Å². The molecule has 0 amide bonds. The maximum absolute atomic E-state index is 5.61. The third-order valence-electron chi connectivity index (χ3n) is 3.54. The Balaban J connectivity index is 2.15. The number of nitrogens with zero attached hydrogens (tertiary/aromatic N) is 2. The van der Waals surface area contributed by atoms with E-state index in [0.29, 0.717) is 0 Å². The van der Waals surface area contributed by atoms with Gasteiger partial charge in [0.1, 0.15) is 0 Å². The van der Waals surface area contributed by atoms with Crippen molar-refractivity contribution in [2.45, 2.75) is 40.0 Å². The second-order valence-electron chi connectivity index (χ2n) is 5.96. The number of ether oxygens (including phenoxy) is 1. The zero-order valence-corrected chi connectivity index (χ0v) is 13.1. The van der Waals surface area contributed by atoms with Crippen molar-refractivity contribution in [3.8, 4) is 0 Å². The molecule has 4 nitrogen and oxygen atoms in total. The van der Waals surface area contributed by atoms with Crippen molar-refractivity contribution in [2.24, 2.45) is 16.8 Å². The maximum atomic E-state index is 5.61. The normalized spacial score (nSPS) is 21.0. The summed E-state index contributed by atoms with van der Waals surface area (Å²) in [7, 11) is 1.86. The van der Waals surface area contributed by atoms with Crippen LogP contribution in [0.15, 0.2) is 4.99 Å². The number of aliphatic imine (C=N–C) groups is 1. The van der Waals surface area contributed by atoms with Gasteiger partial charge in [-0.25, -0.2) is 0 Å². The van der Waals surface area contributed by atoms with Gasteiger partial charge in [0.15, 0.2) is 5.96 Å². The summed E-state index contributed by atoms with van der Waals surface area (Å²) in [6, 6.07) is 0. The van der Waals surface area contributed by atoms with E-state index in [1.807, 2.05) is 7.05 Å². The molecule has 0 aliphatic carbocycles. The molecule has 1 rings (SSSR count). The number of hydrogen-bond acceptors (Lipinski definition) is 2. The highest BCUT2D eigenvalue weighted by Crippen LogP contribution is 2.15. The summed E-state index contributed by atoms with van der Waals surface area (Å²) in [4.78, 5) is 6.73. The molecule has 0 aromatic carbocycles. The Hall–Kier alpha value is -0.770. The molecule has 1 aliphatic rings. The molecule has 0 aromatic heterocycles. The second-order valence-corrected chi connectivity index (χ2v) is 5.96. The highest BCUT2D eigenvalue weighted by atomic mass is 16.5. The standard InChI is InChI=1S/C15H31N3O/c1-13(2)7-10-19-11-8-17-15(16-4)18-9-5-6-14(3)12-18/h13-14H,5-12H2,1-4H3,(H,16,17). The lowest BCUT2D eigenvalue weighted by molar-refractivity contribution is 0.127. The van der Waals surface area contributed by atoms with Crippen molar-refractivity contribution in [1.82, 2.24) is 10.2 Å². The van der Waals surface area contributed by atoms with E-state index < -0.39 is 0 Å². The van der Waals surface area contributed by atoms with Gasteiger partial charge >= 0.3 is 0 Å². The predicted octanol–water partition coefficient (Wildman–Crippen LogP) is 2.36. The van der Waals surface area contributed by atoms with Crippen molar-refractivity contribution >= 4 is 5.96 Å². The Morgan fingerprint density at radius 3 is 2.84 bits per heavy atom. The van der Waals surface area contributed by atoms with Crippen molar-refractivity contribution in [3.05, 3.63) is 0 Å². The fourth-order valence-corrected chi connectivity index (χ4v) is 2.37. The van der Waals surface area contributed by atoms with Crippen LogP contribution in [0.4, 0.5) is 0 Å². The van der Waals surface area contributed by atoms with Crippen LogP contribution in [-0.2, 0) is 4.74 Å². The first-order chi connectivity index (χ1) is 9.13. The molecule has 0 aromatic rings. The Morgan fingerprint density at radius 2 is 2.21 bits per heavy atom. The monoisotopic (exact) mass is 269 g/mol. The first kappa shape index (κ1) is 16.3. The third-order valence-corrected chi connectivity index (χ3v) is 3.54. The summed E-state index contributed by atoms with van der Waals surface area (Å²) in [5, 5.41) is 3.40. The molecule has 0 bridgehead atoms. The molecule has 1 N–H and O–H groups in total. The minimum Gasteiger partial charge on any atom is -0.380 e. The van der Waals surface area contributed by atoms with Crippen molar-refractivity contribution in [3.63, 3.8) is 0 Å². The SMILES string of the molecule is CN=C(NCCOCCC(C)C)N1CCCC(C)C1. The van der Waals surface area contributed by atoms with Crippen LogP contribution in [0.3, 0.4) is 0 Å². The van der Waals surface area contributed by atoms with Gasteiger partial charge in [-0.15, -0.1) is 0 Å². The average Bonchev–Trinajstić information content (AvgIpc) is 2.37. The Kier molecular flexibility index (Phi) is 7.87. The molecule has 1 fully saturated rings. The number of piperidine rings is 1. The predicted molar refractivity (Wildman–Crippen MR) is 81.6 cm³/mol. The van der Waals surface area contributed by atoms with E-state index in [2.05, 4.69) is 36.0 Å². The van der Waals surface area contributed by atoms with Crippen molar-refractivity contribution in [1.29, 1.82) is 0 Å². The minimum absolute atomic E-state index is 0.718. The summed E-state index contributed by atoms with van der Waals surface area (Å²) in [5.41, 5.74) is 0. The molecule has 0 radical (unpaired) electrons. The molecular formula is C15H31N3O. The number of nitrogens with one attached hydrogen (secondary N) is 1. The molecule has 1 aliphatic heterocycles. The summed E-state index contributed by atoms with van der Waals surface area (Å²) < 4.78 is 5.61. The zero-order chi connectivity index (χ0) is 14.1. The number of hydrogen-bond donors (Lipinski definition) is 1. The van der Waals surface area contributed by atoms with E-state index in [4.69, 9.17) is 4.74 Å². The van der Waals surface area contributed by atoms with Crippen LogP contribution in [0.25, 0.3) is 0 Å². The van der Waals surface area contributed by atoms with E-state index >= 15 is 0 Å². The van der Waals surface area contributed by atoms with E-state index in [-0.39, 0.29) is 0 Å². The van der Waals surface area contributed by atoms with Gasteiger partial charge in [0, 0.05) is 33.3 Å². The molecular weight excluding hydrogens is 238 g/mol. The average molecular weight is 269 g/mol. The lowest BCUT2D eigenvalue weighted by Crippen LogP contribution is -2.46. The lowest BCUT2D eigenvalue weighted by atomic mass is 10.0. The van der Waals surface area contributed by atoms with Crippen LogP contribution in [-0.4, -0.2) is 50.8 Å². The van der Waals surface area contributed by atoms with Crippen LogP contribution in [0, 0.1) is 11.8 Å². The van der Waals surface area contributed by atoms with Crippen LogP contribution in [0.1, 0.15) is 40.0 Å². The Labute approximate surface area is 118 Å². The van der Waals surface area contributed by atoms with E-state index in [0.717, 1.165) is 57.1 Å². The molecule has 4 heteroatoms. The number of rotatable bonds is 6. The fraction of sp³-hybridized carbons (Fsp3) is 0.933. The van der Waals surface area contributed by atoms with Crippen molar-refractivity contribution < 1.29 is 4.74 Å². The zero-order valence-electron chi connectivity index (χ0n) is 13.1. The Bertz CT molecular complexity index is 266. The summed E-state index contributed by atoms with van der Waals surface area (Å²) in [5.74, 6) is 2.52. The minimum atomic E-state index is 0.718. The van der Waals surface area contributed by atoms with Gasteiger partial charge in [-0.3, -0.25) is 4.99 Å². The molecule has 1 heterocycles. The maximum Gasteiger partial charge on any atom is 0.193 e. The van der Waals surface area contributed by atoms with Gasteiger partial charge in [-0.1, -0.05) is 20.8 Å². The molecule has 19 heavy (non-hydrogen) atoms. The summed E-state index contributed by atoms with van der Waals surface area (Å²) >= 11 is 0. The van der Waals surface area contributed by atoms with E-state index in [9.17, 15) is 0 Å². The van der Waals surface area contributed by atoms with Gasteiger partial charge in [0.2, 0.25) is 0 Å². The van der Waals surface area contributed by atoms with Crippen LogP contribution in [0.5, 0.6) is 0 Å². The summed E-state index contributed by atoms with van der Waals surface area (Å²) in [6.07, 6.45) is 3.75. The highest BCUT2D eigenvalue weighted by Gasteiger charge is 2.18. The van der Waals surface area contributed by atoms with Crippen LogP contribution < -0.4 is 5.32 Å². The third kappa shape index (κ3) is 6.81. The molecule has 0 saturated carbocycles. The molecule has 0 spiro atoms. The number of guanidine groups is 1. The van der Waals surface area contributed by atoms with Gasteiger partial charge in [-0.2, -0.15) is 0 Å². The number of likely N-dealkylation sites (tertiary alicyclic amines) is 1. The Morgan fingerprint density at radius 1 is 1.42 bits per heavy atom. The smallest absolute Gasteiger partial charge is 0.193 e. The molecule has 1 unspecified atom stereocenters. The lowest BCUT2D eigenvalue weighted by Gasteiger charge is -2.33. The highest BCUT2D eigenvalue weighted by molar-refractivity contribution is 5.79. The van der Waals surface area contributed by atoms with Gasteiger partial charge in [-0.05, 0) is 31.1 Å². The fourth-order valence-electron chi connectivity index (χ4n) is 2.37. The summed E-state index contributed by atoms with van der Waals surface area (Å²) in [6.45, 7) is 11.5. The second kappa shape index (κ2) is 9.18. The molecule has 1 saturated heterocycles.